The van der Waals surface area contributed by atoms with Crippen LogP contribution in [0.5, 0.6) is 0 Å². The molecule has 0 bridgehead atoms. The van der Waals surface area contributed by atoms with Gasteiger partial charge in [-0.1, -0.05) is 168 Å². The molecule has 0 radical (unpaired) electrons. The molecular formula is C34H68NO6P. The molecule has 0 saturated heterocycles. The molecule has 1 unspecified atom stereocenters. The summed E-state index contributed by atoms with van der Waals surface area (Å²) in [6.45, 7) is 3.76. The highest BCUT2D eigenvalue weighted by molar-refractivity contribution is 7.54. The van der Waals surface area contributed by atoms with Gasteiger partial charge in [0.2, 0.25) is 0 Å². The van der Waals surface area contributed by atoms with Crippen LogP contribution in [0.2, 0.25) is 0 Å². The standard InChI is InChI=1S/C34H68NO6P/c1-3-5-7-9-11-13-15-17-19-21-23-25-27-29-32(36)34(31-35,42(38,39)40)41-33(37)30-28-26-24-22-20-18-16-14-12-10-8-6-4-2/h3-31,35H2,1-2H3,(H2,38,39,40). The fourth-order valence-corrected chi connectivity index (χ4v) is 6.47. The number of Topliss-reactive ketones (excluding diaryl/α,β-unsaturated/α-hetero) is 1. The number of esters is 1. The van der Waals surface area contributed by atoms with Crippen LogP contribution in [-0.2, 0) is 18.9 Å². The Morgan fingerprint density at radius 2 is 0.833 bits per heavy atom. The number of rotatable bonds is 32. The molecule has 0 saturated carbocycles. The van der Waals surface area contributed by atoms with Gasteiger partial charge < -0.3 is 20.3 Å². The fourth-order valence-electron chi connectivity index (χ4n) is 5.58. The summed E-state index contributed by atoms with van der Waals surface area (Å²) >= 11 is 0. The van der Waals surface area contributed by atoms with Gasteiger partial charge in [-0.05, 0) is 12.8 Å². The minimum absolute atomic E-state index is 0.0333. The number of unbranched alkanes of at least 4 members (excludes halogenated alkanes) is 24. The average molecular weight is 618 g/mol. The van der Waals surface area contributed by atoms with Crippen LogP contribution in [0.1, 0.15) is 194 Å². The highest BCUT2D eigenvalue weighted by Gasteiger charge is 2.55. The highest BCUT2D eigenvalue weighted by Crippen LogP contribution is 2.52. The van der Waals surface area contributed by atoms with Gasteiger partial charge in [-0.2, -0.15) is 0 Å². The predicted octanol–water partition coefficient (Wildman–Crippen LogP) is 9.89. The Morgan fingerprint density at radius 3 is 1.12 bits per heavy atom. The summed E-state index contributed by atoms with van der Waals surface area (Å²) in [5.74, 6) is -1.52. The first kappa shape index (κ1) is 41.2. The van der Waals surface area contributed by atoms with E-state index in [9.17, 15) is 23.9 Å². The summed E-state index contributed by atoms with van der Waals surface area (Å²) in [5.41, 5.74) is 5.67. The number of hydrogen-bond donors (Lipinski definition) is 3. The minimum Gasteiger partial charge on any atom is -0.436 e. The molecule has 0 aliphatic rings. The molecule has 0 aromatic heterocycles. The highest BCUT2D eigenvalue weighted by atomic mass is 31.2. The van der Waals surface area contributed by atoms with Gasteiger partial charge in [0.25, 0.3) is 5.34 Å². The van der Waals surface area contributed by atoms with Crippen molar-refractivity contribution in [1.82, 2.24) is 0 Å². The lowest BCUT2D eigenvalue weighted by molar-refractivity contribution is -0.160. The van der Waals surface area contributed by atoms with Crippen molar-refractivity contribution in [1.29, 1.82) is 0 Å². The van der Waals surface area contributed by atoms with E-state index in [-0.39, 0.29) is 12.8 Å². The smallest absolute Gasteiger partial charge is 0.377 e. The van der Waals surface area contributed by atoms with Crippen molar-refractivity contribution in [3.63, 3.8) is 0 Å². The maximum Gasteiger partial charge on any atom is 0.377 e. The predicted molar refractivity (Wildman–Crippen MR) is 176 cm³/mol. The normalized spacial score (nSPS) is 13.3. The van der Waals surface area contributed by atoms with E-state index in [1.165, 1.54) is 116 Å². The van der Waals surface area contributed by atoms with Crippen molar-refractivity contribution in [2.24, 2.45) is 5.73 Å². The van der Waals surface area contributed by atoms with Gasteiger partial charge in [-0.25, -0.2) is 0 Å². The molecule has 0 aromatic rings. The molecule has 0 fully saturated rings. The van der Waals surface area contributed by atoms with Crippen molar-refractivity contribution in [3.8, 4) is 0 Å². The van der Waals surface area contributed by atoms with Crippen LogP contribution in [0.15, 0.2) is 0 Å². The summed E-state index contributed by atoms with van der Waals surface area (Å²) in [6, 6.07) is 0. The van der Waals surface area contributed by atoms with Crippen molar-refractivity contribution in [2.45, 2.75) is 199 Å². The average Bonchev–Trinajstić information content (AvgIpc) is 2.95. The van der Waals surface area contributed by atoms with E-state index in [0.29, 0.717) is 12.8 Å². The second-order valence-corrected chi connectivity index (χ2v) is 14.2. The van der Waals surface area contributed by atoms with Crippen LogP contribution in [0, 0.1) is 0 Å². The van der Waals surface area contributed by atoms with Crippen LogP contribution < -0.4 is 5.73 Å². The molecule has 0 aliphatic carbocycles. The molecule has 8 heteroatoms. The molecule has 1 atom stereocenters. The summed E-state index contributed by atoms with van der Waals surface area (Å²) in [4.78, 5) is 45.3. The summed E-state index contributed by atoms with van der Waals surface area (Å²) in [7, 11) is -5.09. The Morgan fingerprint density at radius 1 is 0.548 bits per heavy atom. The van der Waals surface area contributed by atoms with E-state index in [1.54, 1.807) is 0 Å². The van der Waals surface area contributed by atoms with Gasteiger partial charge in [0.15, 0.2) is 5.78 Å². The Labute approximate surface area is 259 Å². The molecule has 250 valence electrons. The summed E-state index contributed by atoms with van der Waals surface area (Å²) < 4.78 is 17.5. The van der Waals surface area contributed by atoms with E-state index in [0.717, 1.165) is 38.5 Å². The number of hydrogen-bond acceptors (Lipinski definition) is 5. The summed E-state index contributed by atoms with van der Waals surface area (Å²) in [6.07, 6.45) is 30.3. The number of nitrogens with two attached hydrogens (primary N) is 1. The second-order valence-electron chi connectivity index (χ2n) is 12.4. The van der Waals surface area contributed by atoms with Gasteiger partial charge in [-0.3, -0.25) is 14.2 Å². The fraction of sp³-hybridized carbons (Fsp3) is 0.941. The van der Waals surface area contributed by atoms with Crippen LogP contribution in [0.4, 0.5) is 0 Å². The van der Waals surface area contributed by atoms with E-state index in [1.807, 2.05) is 0 Å². The Hall–Kier alpha value is -0.750. The van der Waals surface area contributed by atoms with Crippen molar-refractivity contribution < 1.29 is 28.7 Å². The molecular weight excluding hydrogens is 549 g/mol. The van der Waals surface area contributed by atoms with Gasteiger partial charge in [0, 0.05) is 12.8 Å². The second kappa shape index (κ2) is 27.8. The van der Waals surface area contributed by atoms with Crippen LogP contribution in [0.25, 0.3) is 0 Å². The molecule has 0 heterocycles. The number of ketones is 1. The van der Waals surface area contributed by atoms with Gasteiger partial charge >= 0.3 is 13.6 Å². The van der Waals surface area contributed by atoms with Crippen LogP contribution in [0.3, 0.4) is 0 Å². The molecule has 7 nitrogen and oxygen atoms in total. The Bertz CT molecular complexity index is 698. The topological polar surface area (TPSA) is 127 Å². The molecule has 0 rings (SSSR count). The first-order valence-electron chi connectivity index (χ1n) is 17.8. The number of carbonyl (C=O) groups is 2. The lowest BCUT2D eigenvalue weighted by Gasteiger charge is -2.31. The lowest BCUT2D eigenvalue weighted by Crippen LogP contribution is -2.49. The van der Waals surface area contributed by atoms with E-state index in [4.69, 9.17) is 10.5 Å². The first-order valence-corrected chi connectivity index (χ1v) is 19.4. The van der Waals surface area contributed by atoms with E-state index < -0.39 is 31.2 Å². The number of carbonyl (C=O) groups excluding carboxylic acids is 2. The third-order valence-corrected chi connectivity index (χ3v) is 9.92. The third-order valence-electron chi connectivity index (χ3n) is 8.46. The zero-order chi connectivity index (χ0) is 31.4. The minimum atomic E-state index is -5.09. The monoisotopic (exact) mass is 617 g/mol. The van der Waals surface area contributed by atoms with Crippen molar-refractivity contribution >= 4 is 19.3 Å². The van der Waals surface area contributed by atoms with E-state index >= 15 is 0 Å². The van der Waals surface area contributed by atoms with Gasteiger partial charge in [-0.15, -0.1) is 0 Å². The van der Waals surface area contributed by atoms with Gasteiger partial charge in [0.05, 0.1) is 6.54 Å². The Kier molecular flexibility index (Phi) is 27.3. The summed E-state index contributed by atoms with van der Waals surface area (Å²) in [5, 5.41) is -2.56. The quantitative estimate of drug-likeness (QED) is 0.0389. The third kappa shape index (κ3) is 21.0. The largest absolute Gasteiger partial charge is 0.436 e. The van der Waals surface area contributed by atoms with Crippen LogP contribution >= 0.6 is 7.60 Å². The maximum atomic E-state index is 12.9. The Balaban J connectivity index is 4.14. The SMILES string of the molecule is CCCCCCCCCCCCCCCC(=O)OC(CN)(C(=O)CCCCCCCCCCCCCCC)P(=O)(O)O. The van der Waals surface area contributed by atoms with Crippen LogP contribution in [-0.4, -0.2) is 33.4 Å². The molecule has 0 aromatic carbocycles. The lowest BCUT2D eigenvalue weighted by atomic mass is 10.0. The van der Waals surface area contributed by atoms with Crippen molar-refractivity contribution in [2.75, 3.05) is 6.54 Å². The van der Waals surface area contributed by atoms with E-state index in [2.05, 4.69) is 13.8 Å². The maximum absolute atomic E-state index is 12.9. The molecule has 4 N–H and O–H groups in total. The van der Waals surface area contributed by atoms with Crippen molar-refractivity contribution in [3.05, 3.63) is 0 Å². The number of ether oxygens (including phenoxy) is 1. The molecule has 42 heavy (non-hydrogen) atoms. The first-order chi connectivity index (χ1) is 20.2. The van der Waals surface area contributed by atoms with Gasteiger partial charge in [0.1, 0.15) is 0 Å². The zero-order valence-electron chi connectivity index (χ0n) is 27.6. The molecule has 0 amide bonds. The zero-order valence-corrected chi connectivity index (χ0v) is 28.5. The molecule has 0 spiro atoms. The molecule has 0 aliphatic heterocycles.